The lowest BCUT2D eigenvalue weighted by atomic mass is 9.99. The Morgan fingerprint density at radius 2 is 1.90 bits per heavy atom. The van der Waals surface area contributed by atoms with Crippen LogP contribution in [0.5, 0.6) is 5.75 Å². The second-order valence-electron chi connectivity index (χ2n) is 6.63. The molecule has 1 unspecified atom stereocenters. The Kier molecular flexibility index (Phi) is 5.47. The van der Waals surface area contributed by atoms with Crippen LogP contribution in [0.4, 0.5) is 10.1 Å². The highest BCUT2D eigenvalue weighted by Gasteiger charge is 2.48. The van der Waals surface area contributed by atoms with Crippen LogP contribution in [-0.2, 0) is 9.59 Å². The first kappa shape index (κ1) is 21.0. The number of halogens is 3. The quantitative estimate of drug-likeness (QED) is 0.321. The molecule has 2 aromatic carbocycles. The topological polar surface area (TPSA) is 80.0 Å². The van der Waals surface area contributed by atoms with Crippen LogP contribution in [-0.4, -0.2) is 23.9 Å². The summed E-state index contributed by atoms with van der Waals surface area (Å²) in [6.07, 6.45) is 1.37. The van der Waals surface area contributed by atoms with Gasteiger partial charge in [-0.1, -0.05) is 23.2 Å². The molecule has 0 aliphatic carbocycles. The van der Waals surface area contributed by atoms with Crippen LogP contribution >= 0.6 is 23.2 Å². The van der Waals surface area contributed by atoms with Crippen LogP contribution in [0.15, 0.2) is 64.8 Å². The molecule has 1 aliphatic heterocycles. The highest BCUT2D eigenvalue weighted by Crippen LogP contribution is 2.43. The molecule has 0 radical (unpaired) electrons. The van der Waals surface area contributed by atoms with Crippen LogP contribution in [0, 0.1) is 5.82 Å². The molecule has 1 saturated heterocycles. The van der Waals surface area contributed by atoms with Gasteiger partial charge in [-0.25, -0.2) is 4.39 Å². The van der Waals surface area contributed by atoms with E-state index in [4.69, 9.17) is 32.4 Å². The number of furan rings is 1. The number of carbonyl (C=O) groups excluding carboxylic acids is 2. The fraction of sp³-hybridized carbons (Fsp3) is 0.0909. The summed E-state index contributed by atoms with van der Waals surface area (Å²) in [6.45, 7) is 0. The van der Waals surface area contributed by atoms with E-state index in [1.54, 1.807) is 12.1 Å². The predicted octanol–water partition coefficient (Wildman–Crippen LogP) is 5.36. The Labute approximate surface area is 186 Å². The SMILES string of the molecule is COc1cc(/C(O)=C2/C(=O)C(=O)N(c3ccc(F)c(Cl)c3)C2c2ccco2)ccc1Cl. The maximum atomic E-state index is 13.7. The summed E-state index contributed by atoms with van der Waals surface area (Å²) in [5.41, 5.74) is 0.181. The van der Waals surface area contributed by atoms with Crippen molar-refractivity contribution in [3.8, 4) is 5.75 Å². The zero-order valence-electron chi connectivity index (χ0n) is 15.9. The smallest absolute Gasteiger partial charge is 0.300 e. The molecule has 9 heteroatoms. The number of amides is 1. The number of rotatable bonds is 4. The number of hydrogen-bond acceptors (Lipinski definition) is 5. The van der Waals surface area contributed by atoms with E-state index in [-0.39, 0.29) is 33.4 Å². The van der Waals surface area contributed by atoms with Gasteiger partial charge in [-0.15, -0.1) is 0 Å². The van der Waals surface area contributed by atoms with Crippen molar-refractivity contribution in [1.82, 2.24) is 0 Å². The summed E-state index contributed by atoms with van der Waals surface area (Å²) >= 11 is 11.9. The van der Waals surface area contributed by atoms with Crippen LogP contribution < -0.4 is 9.64 Å². The summed E-state index contributed by atoms with van der Waals surface area (Å²) in [5.74, 6) is -2.48. The molecule has 1 aromatic heterocycles. The fourth-order valence-corrected chi connectivity index (χ4v) is 3.78. The Morgan fingerprint density at radius 1 is 1.13 bits per heavy atom. The largest absolute Gasteiger partial charge is 0.507 e. The third kappa shape index (κ3) is 3.56. The van der Waals surface area contributed by atoms with Crippen molar-refractivity contribution >= 4 is 46.3 Å². The van der Waals surface area contributed by atoms with Gasteiger partial charge in [0, 0.05) is 11.3 Å². The Balaban J connectivity index is 1.93. The number of Topliss-reactive ketones (excluding diaryl/α,β-unsaturated/α-hetero) is 1. The lowest BCUT2D eigenvalue weighted by molar-refractivity contribution is -0.132. The maximum Gasteiger partial charge on any atom is 0.300 e. The highest BCUT2D eigenvalue weighted by atomic mass is 35.5. The predicted molar refractivity (Wildman–Crippen MR) is 113 cm³/mol. The number of nitrogens with zero attached hydrogens (tertiary/aromatic N) is 1. The first-order chi connectivity index (χ1) is 14.8. The number of ether oxygens (including phenoxy) is 1. The summed E-state index contributed by atoms with van der Waals surface area (Å²) < 4.78 is 24.3. The van der Waals surface area contributed by atoms with E-state index in [9.17, 15) is 19.1 Å². The first-order valence-corrected chi connectivity index (χ1v) is 9.72. The average Bonchev–Trinajstić information content (AvgIpc) is 3.37. The molecule has 1 fully saturated rings. The van der Waals surface area contributed by atoms with E-state index in [1.807, 2.05) is 0 Å². The molecular weight excluding hydrogens is 448 g/mol. The van der Waals surface area contributed by atoms with Crippen molar-refractivity contribution in [1.29, 1.82) is 0 Å². The average molecular weight is 462 g/mol. The molecule has 1 aliphatic rings. The van der Waals surface area contributed by atoms with Crippen molar-refractivity contribution in [2.24, 2.45) is 0 Å². The van der Waals surface area contributed by atoms with Crippen LogP contribution in [0.1, 0.15) is 17.4 Å². The van der Waals surface area contributed by atoms with Gasteiger partial charge in [0.1, 0.15) is 29.1 Å². The number of aliphatic hydroxyl groups is 1. The van der Waals surface area contributed by atoms with E-state index < -0.39 is 29.3 Å². The second kappa shape index (κ2) is 8.09. The number of aliphatic hydroxyl groups excluding tert-OH is 1. The Morgan fingerprint density at radius 3 is 2.55 bits per heavy atom. The van der Waals surface area contributed by atoms with Crippen molar-refractivity contribution in [3.63, 3.8) is 0 Å². The maximum absolute atomic E-state index is 13.7. The first-order valence-electron chi connectivity index (χ1n) is 8.97. The lowest BCUT2D eigenvalue weighted by Gasteiger charge is -2.23. The Bertz CT molecular complexity index is 1220. The van der Waals surface area contributed by atoms with Gasteiger partial charge >= 0.3 is 0 Å². The van der Waals surface area contributed by atoms with Crippen LogP contribution in [0.2, 0.25) is 10.0 Å². The molecule has 0 saturated carbocycles. The molecular formula is C22H14Cl2FNO5. The zero-order chi connectivity index (χ0) is 22.3. The molecule has 1 N–H and O–H groups in total. The lowest BCUT2D eigenvalue weighted by Crippen LogP contribution is -2.29. The van der Waals surface area contributed by atoms with Gasteiger partial charge < -0.3 is 14.3 Å². The van der Waals surface area contributed by atoms with Gasteiger partial charge in [-0.2, -0.15) is 0 Å². The number of hydrogen-bond donors (Lipinski definition) is 1. The molecule has 31 heavy (non-hydrogen) atoms. The fourth-order valence-electron chi connectivity index (χ4n) is 3.41. The molecule has 2 heterocycles. The zero-order valence-corrected chi connectivity index (χ0v) is 17.4. The van der Waals surface area contributed by atoms with Crippen molar-refractivity contribution in [2.45, 2.75) is 6.04 Å². The minimum atomic E-state index is -1.10. The number of carbonyl (C=O) groups is 2. The molecule has 4 rings (SSSR count). The standard InChI is InChI=1S/C22H14Cl2FNO5/c1-30-17-9-11(4-6-13(17)23)20(27)18-19(16-3-2-8-31-16)26(22(29)21(18)28)12-5-7-15(25)14(24)10-12/h2-10,19,27H,1H3/b20-18-. The molecule has 1 amide bonds. The van der Waals surface area contributed by atoms with Crippen LogP contribution in [0.3, 0.4) is 0 Å². The summed E-state index contributed by atoms with van der Waals surface area (Å²) in [4.78, 5) is 27.0. The van der Waals surface area contributed by atoms with Crippen molar-refractivity contribution in [2.75, 3.05) is 12.0 Å². The van der Waals surface area contributed by atoms with Crippen molar-refractivity contribution in [3.05, 3.63) is 87.6 Å². The van der Waals surface area contributed by atoms with Crippen molar-refractivity contribution < 1.29 is 28.2 Å². The summed E-state index contributed by atoms with van der Waals surface area (Å²) in [7, 11) is 1.41. The van der Waals surface area contributed by atoms with Gasteiger partial charge in [-0.05, 0) is 48.5 Å². The van der Waals surface area contributed by atoms with Gasteiger partial charge in [-0.3, -0.25) is 14.5 Å². The van der Waals surface area contributed by atoms with Gasteiger partial charge in [0.25, 0.3) is 11.7 Å². The van der Waals surface area contributed by atoms with E-state index in [0.717, 1.165) is 11.0 Å². The number of anilines is 1. The molecule has 0 spiro atoms. The highest BCUT2D eigenvalue weighted by molar-refractivity contribution is 6.51. The van der Waals surface area contributed by atoms with Gasteiger partial charge in [0.05, 0.1) is 29.0 Å². The van der Waals surface area contributed by atoms with Crippen LogP contribution in [0.25, 0.3) is 5.76 Å². The Hall–Kier alpha value is -3.29. The molecule has 158 valence electrons. The summed E-state index contributed by atoms with van der Waals surface area (Å²) in [6, 6.07) is 10.1. The third-order valence-corrected chi connectivity index (χ3v) is 5.46. The number of ketones is 1. The number of methoxy groups -OCH3 is 1. The number of benzene rings is 2. The van der Waals surface area contributed by atoms with E-state index in [1.165, 1.54) is 43.7 Å². The monoisotopic (exact) mass is 461 g/mol. The summed E-state index contributed by atoms with van der Waals surface area (Å²) in [5, 5.41) is 11.1. The normalized spacial score (nSPS) is 17.9. The minimum absolute atomic E-state index is 0.169. The van der Waals surface area contributed by atoms with Gasteiger partial charge in [0.2, 0.25) is 0 Å². The third-order valence-electron chi connectivity index (χ3n) is 4.86. The minimum Gasteiger partial charge on any atom is -0.507 e. The van der Waals surface area contributed by atoms with E-state index >= 15 is 0 Å². The molecule has 3 aromatic rings. The molecule has 1 atom stereocenters. The second-order valence-corrected chi connectivity index (χ2v) is 7.45. The molecule has 6 nitrogen and oxygen atoms in total. The van der Waals surface area contributed by atoms with Gasteiger partial charge in [0.15, 0.2) is 0 Å². The van der Waals surface area contributed by atoms with E-state index in [2.05, 4.69) is 0 Å². The molecule has 0 bridgehead atoms. The van der Waals surface area contributed by atoms with E-state index in [0.29, 0.717) is 5.02 Å².